The highest BCUT2D eigenvalue weighted by atomic mass is 16.5. The zero-order valence-electron chi connectivity index (χ0n) is 18.6. The Morgan fingerprint density at radius 3 is 2.48 bits per heavy atom. The van der Waals surface area contributed by atoms with Gasteiger partial charge in [-0.25, -0.2) is 0 Å². The van der Waals surface area contributed by atoms with E-state index in [0.29, 0.717) is 38.2 Å². The van der Waals surface area contributed by atoms with Crippen molar-refractivity contribution >= 4 is 17.7 Å². The van der Waals surface area contributed by atoms with Crippen LogP contribution in [-0.4, -0.2) is 44.5 Å². The van der Waals surface area contributed by atoms with Gasteiger partial charge in [0.1, 0.15) is 6.61 Å². The molecule has 2 N–H and O–H groups in total. The summed E-state index contributed by atoms with van der Waals surface area (Å²) in [7, 11) is 1.87. The lowest BCUT2D eigenvalue weighted by Crippen LogP contribution is -2.27. The number of Topliss-reactive ketones (excluding diaryl/α,β-unsaturated/α-hetero) is 1. The maximum atomic E-state index is 12.8. The van der Waals surface area contributed by atoms with E-state index in [0.717, 1.165) is 48.9 Å². The molecule has 1 aromatic rings. The van der Waals surface area contributed by atoms with E-state index >= 15 is 0 Å². The molecule has 0 saturated carbocycles. The van der Waals surface area contributed by atoms with Gasteiger partial charge in [0.2, 0.25) is 5.91 Å². The van der Waals surface area contributed by atoms with Crippen LogP contribution in [0.1, 0.15) is 67.8 Å². The van der Waals surface area contributed by atoms with E-state index in [1.165, 1.54) is 0 Å². The average Bonchev–Trinajstić information content (AvgIpc) is 2.80. The lowest BCUT2D eigenvalue weighted by atomic mass is 9.90. The van der Waals surface area contributed by atoms with Gasteiger partial charge < -0.3 is 20.1 Å². The highest BCUT2D eigenvalue weighted by Crippen LogP contribution is 2.25. The molecule has 1 aliphatic carbocycles. The second-order valence-corrected chi connectivity index (χ2v) is 7.59. The first-order valence-electron chi connectivity index (χ1n) is 11.1. The Hall–Kier alpha value is -2.67. The lowest BCUT2D eigenvalue weighted by Gasteiger charge is -2.19. The fourth-order valence-corrected chi connectivity index (χ4v) is 3.42. The number of ether oxygens (including phenoxy) is 2. The molecule has 31 heavy (non-hydrogen) atoms. The van der Waals surface area contributed by atoms with Crippen molar-refractivity contribution in [3.8, 4) is 0 Å². The number of esters is 1. The Balaban J connectivity index is 1.68. The summed E-state index contributed by atoms with van der Waals surface area (Å²) in [5.74, 6) is -0.339. The SMILES string of the molecule is CCCC(=O)OCCCOCC(=O)NCc1ccc(C(=O)C2=C(NC)CCCC2)cc1. The number of hydrogen-bond donors (Lipinski definition) is 2. The molecule has 0 unspecified atom stereocenters. The van der Waals surface area contributed by atoms with Gasteiger partial charge in [-0.05, 0) is 37.7 Å². The largest absolute Gasteiger partial charge is 0.466 e. The first-order valence-corrected chi connectivity index (χ1v) is 11.1. The van der Waals surface area contributed by atoms with Gasteiger partial charge >= 0.3 is 5.97 Å². The zero-order chi connectivity index (χ0) is 22.5. The Morgan fingerprint density at radius 2 is 1.77 bits per heavy atom. The number of hydrogen-bond acceptors (Lipinski definition) is 6. The van der Waals surface area contributed by atoms with Crippen LogP contribution in [0.3, 0.4) is 0 Å². The first-order chi connectivity index (χ1) is 15.0. The lowest BCUT2D eigenvalue weighted by molar-refractivity contribution is -0.144. The predicted octanol–water partition coefficient (Wildman–Crippen LogP) is 3.28. The molecular weight excluding hydrogens is 396 g/mol. The van der Waals surface area contributed by atoms with Crippen molar-refractivity contribution in [2.45, 2.75) is 58.4 Å². The van der Waals surface area contributed by atoms with E-state index in [4.69, 9.17) is 9.47 Å². The number of carbonyl (C=O) groups is 3. The van der Waals surface area contributed by atoms with Crippen LogP contribution in [0, 0.1) is 0 Å². The Bertz CT molecular complexity index is 771. The quantitative estimate of drug-likeness (QED) is 0.283. The molecule has 170 valence electrons. The molecule has 0 bridgehead atoms. The Kier molecular flexibility index (Phi) is 10.8. The first kappa shape index (κ1) is 24.6. The van der Waals surface area contributed by atoms with Crippen molar-refractivity contribution in [3.63, 3.8) is 0 Å². The third-order valence-electron chi connectivity index (χ3n) is 5.13. The van der Waals surface area contributed by atoms with Gasteiger partial charge in [-0.1, -0.05) is 31.2 Å². The summed E-state index contributed by atoms with van der Waals surface area (Å²) in [4.78, 5) is 35.9. The zero-order valence-corrected chi connectivity index (χ0v) is 18.6. The Morgan fingerprint density at radius 1 is 1.03 bits per heavy atom. The fourth-order valence-electron chi connectivity index (χ4n) is 3.42. The second kappa shape index (κ2) is 13.6. The number of amides is 1. The highest BCUT2D eigenvalue weighted by molar-refractivity contribution is 6.09. The molecule has 7 heteroatoms. The van der Waals surface area contributed by atoms with Crippen LogP contribution < -0.4 is 10.6 Å². The van der Waals surface area contributed by atoms with E-state index in [2.05, 4.69) is 10.6 Å². The van der Waals surface area contributed by atoms with Crippen molar-refractivity contribution in [3.05, 3.63) is 46.7 Å². The normalized spacial score (nSPS) is 13.6. The molecule has 0 spiro atoms. The number of allylic oxidation sites excluding steroid dienone is 2. The number of ketones is 1. The Labute approximate surface area is 184 Å². The molecule has 0 atom stereocenters. The molecule has 0 radical (unpaired) electrons. The minimum Gasteiger partial charge on any atom is -0.466 e. The van der Waals surface area contributed by atoms with E-state index in [1.807, 2.05) is 38.2 Å². The molecule has 1 aromatic carbocycles. The summed E-state index contributed by atoms with van der Waals surface area (Å²) in [6, 6.07) is 7.35. The van der Waals surface area contributed by atoms with Crippen molar-refractivity contribution < 1.29 is 23.9 Å². The summed E-state index contributed by atoms with van der Waals surface area (Å²) in [6.07, 6.45) is 5.65. The van der Waals surface area contributed by atoms with Crippen LogP contribution in [0.5, 0.6) is 0 Å². The van der Waals surface area contributed by atoms with Crippen LogP contribution in [0.15, 0.2) is 35.5 Å². The standard InChI is InChI=1S/C24H34N2O5/c1-3-7-23(28)31-15-6-14-30-17-22(27)26-16-18-10-12-19(13-11-18)24(29)20-8-4-5-9-21(20)25-2/h10-13,25H,3-9,14-17H2,1-2H3,(H,26,27). The van der Waals surface area contributed by atoms with Crippen LogP contribution in [0.25, 0.3) is 0 Å². The second-order valence-electron chi connectivity index (χ2n) is 7.59. The molecule has 1 amide bonds. The van der Waals surface area contributed by atoms with Crippen LogP contribution in [-0.2, 0) is 25.6 Å². The summed E-state index contributed by atoms with van der Waals surface area (Å²) in [5, 5.41) is 5.96. The van der Waals surface area contributed by atoms with E-state index in [1.54, 1.807) is 0 Å². The van der Waals surface area contributed by atoms with E-state index < -0.39 is 0 Å². The molecule has 0 fully saturated rings. The molecule has 7 nitrogen and oxygen atoms in total. The van der Waals surface area contributed by atoms with Crippen LogP contribution in [0.2, 0.25) is 0 Å². The van der Waals surface area contributed by atoms with Gasteiger partial charge in [0.05, 0.1) is 13.2 Å². The average molecular weight is 431 g/mol. The number of benzene rings is 1. The van der Waals surface area contributed by atoms with Gasteiger partial charge in [-0.3, -0.25) is 14.4 Å². The van der Waals surface area contributed by atoms with Gasteiger partial charge in [0, 0.05) is 43.3 Å². The maximum absolute atomic E-state index is 12.8. The fraction of sp³-hybridized carbons (Fsp3) is 0.542. The number of nitrogens with one attached hydrogen (secondary N) is 2. The summed E-state index contributed by atoms with van der Waals surface area (Å²) in [5.41, 5.74) is 3.51. The maximum Gasteiger partial charge on any atom is 0.305 e. The summed E-state index contributed by atoms with van der Waals surface area (Å²) >= 11 is 0. The van der Waals surface area contributed by atoms with Crippen molar-refractivity contribution in [1.82, 2.24) is 10.6 Å². The monoisotopic (exact) mass is 430 g/mol. The number of carbonyl (C=O) groups excluding carboxylic acids is 3. The molecule has 0 saturated heterocycles. The highest BCUT2D eigenvalue weighted by Gasteiger charge is 2.19. The van der Waals surface area contributed by atoms with Crippen LogP contribution in [0.4, 0.5) is 0 Å². The third-order valence-corrected chi connectivity index (χ3v) is 5.13. The van der Waals surface area contributed by atoms with Crippen molar-refractivity contribution in [2.24, 2.45) is 0 Å². The topological polar surface area (TPSA) is 93.7 Å². The molecule has 0 aliphatic heterocycles. The van der Waals surface area contributed by atoms with Gasteiger partial charge in [-0.15, -0.1) is 0 Å². The van der Waals surface area contributed by atoms with Crippen molar-refractivity contribution in [2.75, 3.05) is 26.9 Å². The smallest absolute Gasteiger partial charge is 0.305 e. The predicted molar refractivity (Wildman–Crippen MR) is 118 cm³/mol. The van der Waals surface area contributed by atoms with Crippen LogP contribution >= 0.6 is 0 Å². The molecular formula is C24H34N2O5. The minimum absolute atomic E-state index is 0.0412. The molecule has 0 heterocycles. The molecule has 1 aliphatic rings. The third kappa shape index (κ3) is 8.53. The van der Waals surface area contributed by atoms with E-state index in [-0.39, 0.29) is 24.3 Å². The van der Waals surface area contributed by atoms with Gasteiger partial charge in [-0.2, -0.15) is 0 Å². The van der Waals surface area contributed by atoms with Gasteiger partial charge in [0.15, 0.2) is 5.78 Å². The van der Waals surface area contributed by atoms with Gasteiger partial charge in [0.25, 0.3) is 0 Å². The van der Waals surface area contributed by atoms with Crippen molar-refractivity contribution in [1.29, 1.82) is 0 Å². The summed E-state index contributed by atoms with van der Waals surface area (Å²) < 4.78 is 10.3. The minimum atomic E-state index is -0.214. The molecule has 0 aromatic heterocycles. The molecule has 2 rings (SSSR count). The summed E-state index contributed by atoms with van der Waals surface area (Å²) in [6.45, 7) is 2.91. The number of rotatable bonds is 13. The van der Waals surface area contributed by atoms with E-state index in [9.17, 15) is 14.4 Å².